The van der Waals surface area contributed by atoms with Gasteiger partial charge in [0.25, 0.3) is 5.91 Å². The Hall–Kier alpha value is -2.43. The van der Waals surface area contributed by atoms with Crippen molar-refractivity contribution in [3.8, 4) is 0 Å². The molecule has 1 saturated heterocycles. The lowest BCUT2D eigenvalue weighted by molar-refractivity contribution is 0.102. The zero-order chi connectivity index (χ0) is 17.6. The number of anilines is 2. The molecule has 1 amide bonds. The molecule has 5 heteroatoms. The molecule has 0 atom stereocenters. The molecule has 132 valence electrons. The number of para-hydroxylation sites is 1. The van der Waals surface area contributed by atoms with E-state index in [2.05, 4.69) is 27.1 Å². The van der Waals surface area contributed by atoms with Crippen LogP contribution in [-0.2, 0) is 6.42 Å². The summed E-state index contributed by atoms with van der Waals surface area (Å²) in [6.07, 6.45) is 7.38. The van der Waals surface area contributed by atoms with E-state index in [9.17, 15) is 4.79 Å². The molecule has 25 heavy (non-hydrogen) atoms. The molecule has 0 spiro atoms. The number of benzene rings is 1. The standard InChI is InChI=1S/C20H26N4O/c1-3-16-10-8-9-15(2)18(16)23-19(25)17-11-12-21-20(22-17)24-13-6-4-5-7-14-24/h8-12H,3-7,13-14H2,1-2H3,(H,23,25). The topological polar surface area (TPSA) is 58.1 Å². The Bertz CT molecular complexity index is 736. The minimum Gasteiger partial charge on any atom is -0.341 e. The number of aryl methyl sites for hydroxylation is 2. The third kappa shape index (κ3) is 4.16. The Morgan fingerprint density at radius 2 is 1.92 bits per heavy atom. The normalized spacial score (nSPS) is 14.9. The second kappa shape index (κ2) is 8.10. The van der Waals surface area contributed by atoms with Crippen molar-refractivity contribution in [3.05, 3.63) is 47.3 Å². The minimum atomic E-state index is -0.178. The first-order valence-corrected chi connectivity index (χ1v) is 9.17. The zero-order valence-corrected chi connectivity index (χ0v) is 15.1. The summed E-state index contributed by atoms with van der Waals surface area (Å²) < 4.78 is 0. The third-order valence-corrected chi connectivity index (χ3v) is 4.74. The number of carbonyl (C=O) groups is 1. The van der Waals surface area contributed by atoms with Crippen LogP contribution in [0.3, 0.4) is 0 Å². The van der Waals surface area contributed by atoms with Crippen LogP contribution in [0.5, 0.6) is 0 Å². The van der Waals surface area contributed by atoms with Crippen LogP contribution >= 0.6 is 0 Å². The monoisotopic (exact) mass is 338 g/mol. The van der Waals surface area contributed by atoms with E-state index in [0.717, 1.165) is 49.2 Å². The molecule has 1 aliphatic rings. The first-order valence-electron chi connectivity index (χ1n) is 9.17. The van der Waals surface area contributed by atoms with Gasteiger partial charge in [0, 0.05) is 25.0 Å². The summed E-state index contributed by atoms with van der Waals surface area (Å²) in [6.45, 7) is 6.02. The SMILES string of the molecule is CCc1cccc(C)c1NC(=O)c1ccnc(N2CCCCCC2)n1. The van der Waals surface area contributed by atoms with E-state index in [0.29, 0.717) is 11.6 Å². The maximum atomic E-state index is 12.7. The van der Waals surface area contributed by atoms with Crippen molar-refractivity contribution >= 4 is 17.5 Å². The molecule has 0 aliphatic carbocycles. The Morgan fingerprint density at radius 1 is 1.16 bits per heavy atom. The molecule has 1 fully saturated rings. The van der Waals surface area contributed by atoms with Crippen molar-refractivity contribution in [1.82, 2.24) is 9.97 Å². The van der Waals surface area contributed by atoms with Gasteiger partial charge in [0.15, 0.2) is 0 Å². The Morgan fingerprint density at radius 3 is 2.64 bits per heavy atom. The van der Waals surface area contributed by atoms with Gasteiger partial charge >= 0.3 is 0 Å². The average Bonchev–Trinajstić information content (AvgIpc) is 2.93. The molecule has 1 aromatic heterocycles. The summed E-state index contributed by atoms with van der Waals surface area (Å²) in [7, 11) is 0. The highest BCUT2D eigenvalue weighted by Gasteiger charge is 2.16. The van der Waals surface area contributed by atoms with E-state index in [4.69, 9.17) is 0 Å². The van der Waals surface area contributed by atoms with Crippen molar-refractivity contribution in [2.45, 2.75) is 46.0 Å². The number of hydrogen-bond acceptors (Lipinski definition) is 4. The Kier molecular flexibility index (Phi) is 5.64. The molecule has 2 aromatic rings. The van der Waals surface area contributed by atoms with Gasteiger partial charge in [-0.25, -0.2) is 9.97 Å². The lowest BCUT2D eigenvalue weighted by Gasteiger charge is -2.20. The second-order valence-corrected chi connectivity index (χ2v) is 6.56. The summed E-state index contributed by atoms with van der Waals surface area (Å²) in [5.74, 6) is 0.484. The highest BCUT2D eigenvalue weighted by Crippen LogP contribution is 2.22. The number of aromatic nitrogens is 2. The fraction of sp³-hybridized carbons (Fsp3) is 0.450. The number of carbonyl (C=O) groups excluding carboxylic acids is 1. The highest BCUT2D eigenvalue weighted by molar-refractivity contribution is 6.03. The molecule has 3 rings (SSSR count). The van der Waals surface area contributed by atoms with Crippen molar-refractivity contribution < 1.29 is 4.79 Å². The molecule has 5 nitrogen and oxygen atoms in total. The van der Waals surface area contributed by atoms with Crippen molar-refractivity contribution in [1.29, 1.82) is 0 Å². The first-order chi connectivity index (χ1) is 12.2. The molecular weight excluding hydrogens is 312 g/mol. The summed E-state index contributed by atoms with van der Waals surface area (Å²) in [5.41, 5.74) is 3.51. The van der Waals surface area contributed by atoms with Gasteiger partial charge in [-0.2, -0.15) is 0 Å². The van der Waals surface area contributed by atoms with Crippen LogP contribution in [0.15, 0.2) is 30.5 Å². The van der Waals surface area contributed by atoms with Crippen LogP contribution in [0.25, 0.3) is 0 Å². The molecule has 1 aromatic carbocycles. The summed E-state index contributed by atoms with van der Waals surface area (Å²) in [6, 6.07) is 7.76. The fourth-order valence-electron chi connectivity index (χ4n) is 3.28. The molecule has 0 bridgehead atoms. The molecule has 0 saturated carbocycles. The first kappa shape index (κ1) is 17.4. The number of amides is 1. The largest absolute Gasteiger partial charge is 0.341 e. The quantitative estimate of drug-likeness (QED) is 0.916. The van der Waals surface area contributed by atoms with E-state index in [1.165, 1.54) is 12.8 Å². The minimum absolute atomic E-state index is 0.178. The number of nitrogens with zero attached hydrogens (tertiary/aromatic N) is 3. The predicted molar refractivity (Wildman–Crippen MR) is 101 cm³/mol. The van der Waals surface area contributed by atoms with Gasteiger partial charge in [-0.1, -0.05) is 38.0 Å². The van der Waals surface area contributed by atoms with E-state index in [-0.39, 0.29) is 5.91 Å². The van der Waals surface area contributed by atoms with Crippen LogP contribution in [0.1, 0.15) is 54.2 Å². The molecule has 1 aliphatic heterocycles. The van der Waals surface area contributed by atoms with Gasteiger partial charge in [0.1, 0.15) is 5.69 Å². The van der Waals surface area contributed by atoms with Gasteiger partial charge < -0.3 is 10.2 Å². The average molecular weight is 338 g/mol. The zero-order valence-electron chi connectivity index (χ0n) is 15.1. The number of rotatable bonds is 4. The second-order valence-electron chi connectivity index (χ2n) is 6.56. The van der Waals surface area contributed by atoms with Crippen molar-refractivity contribution in [3.63, 3.8) is 0 Å². The Balaban J connectivity index is 1.80. The molecule has 0 unspecified atom stereocenters. The lowest BCUT2D eigenvalue weighted by atomic mass is 10.1. The van der Waals surface area contributed by atoms with Gasteiger partial charge in [0.05, 0.1) is 0 Å². The van der Waals surface area contributed by atoms with Crippen LogP contribution in [0.2, 0.25) is 0 Å². The van der Waals surface area contributed by atoms with Gasteiger partial charge in [-0.3, -0.25) is 4.79 Å². The molecular formula is C20H26N4O. The molecule has 1 N–H and O–H groups in total. The van der Waals surface area contributed by atoms with E-state index >= 15 is 0 Å². The predicted octanol–water partition coefficient (Wildman–Crippen LogP) is 3.98. The third-order valence-electron chi connectivity index (χ3n) is 4.74. The van der Waals surface area contributed by atoms with Crippen LogP contribution in [0, 0.1) is 6.92 Å². The number of nitrogens with one attached hydrogen (secondary N) is 1. The summed E-state index contributed by atoms with van der Waals surface area (Å²) in [4.78, 5) is 23.8. The van der Waals surface area contributed by atoms with Crippen LogP contribution in [-0.4, -0.2) is 29.0 Å². The maximum absolute atomic E-state index is 12.7. The van der Waals surface area contributed by atoms with Crippen molar-refractivity contribution in [2.75, 3.05) is 23.3 Å². The number of hydrogen-bond donors (Lipinski definition) is 1. The Labute approximate surface area is 149 Å². The van der Waals surface area contributed by atoms with E-state index in [1.807, 2.05) is 25.1 Å². The smallest absolute Gasteiger partial charge is 0.274 e. The maximum Gasteiger partial charge on any atom is 0.274 e. The fourth-order valence-corrected chi connectivity index (χ4v) is 3.28. The van der Waals surface area contributed by atoms with Crippen molar-refractivity contribution in [2.24, 2.45) is 0 Å². The van der Waals surface area contributed by atoms with Gasteiger partial charge in [-0.15, -0.1) is 0 Å². The van der Waals surface area contributed by atoms with E-state index in [1.54, 1.807) is 12.3 Å². The summed E-state index contributed by atoms with van der Waals surface area (Å²) in [5, 5.41) is 3.04. The van der Waals surface area contributed by atoms with Crippen LogP contribution in [0.4, 0.5) is 11.6 Å². The molecule has 0 radical (unpaired) electrons. The summed E-state index contributed by atoms with van der Waals surface area (Å²) >= 11 is 0. The highest BCUT2D eigenvalue weighted by atomic mass is 16.1. The molecule has 2 heterocycles. The van der Waals surface area contributed by atoms with Crippen LogP contribution < -0.4 is 10.2 Å². The van der Waals surface area contributed by atoms with E-state index < -0.39 is 0 Å². The van der Waals surface area contributed by atoms with Gasteiger partial charge in [-0.05, 0) is 43.4 Å². The van der Waals surface area contributed by atoms with Gasteiger partial charge in [0.2, 0.25) is 5.95 Å². The lowest BCUT2D eigenvalue weighted by Crippen LogP contribution is -2.27.